The van der Waals surface area contributed by atoms with Crippen molar-refractivity contribution < 1.29 is 8.42 Å². The zero-order valence-corrected chi connectivity index (χ0v) is 11.4. The van der Waals surface area contributed by atoms with Gasteiger partial charge in [0.05, 0.1) is 5.75 Å². The van der Waals surface area contributed by atoms with E-state index in [0.717, 1.165) is 25.3 Å². The smallest absolute Gasteiger partial charge is 0.213 e. The molecule has 3 atom stereocenters. The first-order valence-electron chi connectivity index (χ1n) is 6.81. The van der Waals surface area contributed by atoms with Gasteiger partial charge in [-0.3, -0.25) is 0 Å². The van der Waals surface area contributed by atoms with Gasteiger partial charge in [0, 0.05) is 12.6 Å². The lowest BCUT2D eigenvalue weighted by Gasteiger charge is -2.22. The van der Waals surface area contributed by atoms with Crippen LogP contribution in [-0.4, -0.2) is 33.3 Å². The molecule has 17 heavy (non-hydrogen) atoms. The van der Waals surface area contributed by atoms with E-state index in [9.17, 15) is 8.42 Å². The summed E-state index contributed by atoms with van der Waals surface area (Å²) in [6.45, 7) is 3.53. The number of hydrogen-bond donors (Lipinski definition) is 2. The summed E-state index contributed by atoms with van der Waals surface area (Å²) in [5.74, 6) is 1.60. The third kappa shape index (κ3) is 3.66. The normalized spacial score (nSPS) is 32.2. The molecule has 0 radical (unpaired) electrons. The predicted molar refractivity (Wildman–Crippen MR) is 69.3 cm³/mol. The molecule has 3 unspecified atom stereocenters. The summed E-state index contributed by atoms with van der Waals surface area (Å²) in [5, 5.41) is 3.13. The van der Waals surface area contributed by atoms with Crippen molar-refractivity contribution in [2.45, 2.75) is 45.1 Å². The van der Waals surface area contributed by atoms with E-state index in [0.29, 0.717) is 12.5 Å². The van der Waals surface area contributed by atoms with Crippen LogP contribution in [0.5, 0.6) is 0 Å². The summed E-state index contributed by atoms with van der Waals surface area (Å²) < 4.78 is 26.6. The highest BCUT2D eigenvalue weighted by Crippen LogP contribution is 2.44. The molecule has 2 N–H and O–H groups in total. The zero-order chi connectivity index (χ0) is 12.3. The van der Waals surface area contributed by atoms with Crippen LogP contribution in [0.4, 0.5) is 0 Å². The van der Waals surface area contributed by atoms with Crippen molar-refractivity contribution in [1.82, 2.24) is 10.0 Å². The maximum atomic E-state index is 11.9. The first kappa shape index (κ1) is 13.3. The van der Waals surface area contributed by atoms with Crippen molar-refractivity contribution in [1.29, 1.82) is 0 Å². The molecule has 2 rings (SSSR count). The van der Waals surface area contributed by atoms with Gasteiger partial charge in [0.2, 0.25) is 10.0 Å². The van der Waals surface area contributed by atoms with Crippen molar-refractivity contribution >= 4 is 10.0 Å². The molecule has 0 heterocycles. The fourth-order valence-electron chi connectivity index (χ4n) is 3.19. The molecular weight excluding hydrogens is 236 g/mol. The summed E-state index contributed by atoms with van der Waals surface area (Å²) in [6, 6.07) is 0.227. The summed E-state index contributed by atoms with van der Waals surface area (Å²) in [7, 11) is -3.08. The minimum Gasteiger partial charge on any atom is -0.316 e. The molecule has 0 saturated heterocycles. The zero-order valence-electron chi connectivity index (χ0n) is 10.6. The van der Waals surface area contributed by atoms with Gasteiger partial charge in [0.1, 0.15) is 0 Å². The Bertz CT molecular complexity index is 342. The quantitative estimate of drug-likeness (QED) is 0.674. The van der Waals surface area contributed by atoms with Crippen LogP contribution in [0, 0.1) is 11.8 Å². The highest BCUT2D eigenvalue weighted by molar-refractivity contribution is 7.89. The van der Waals surface area contributed by atoms with Crippen LogP contribution in [0.1, 0.15) is 39.0 Å². The molecule has 100 valence electrons. The van der Waals surface area contributed by atoms with Crippen LogP contribution in [0.15, 0.2) is 0 Å². The third-order valence-corrected chi connectivity index (χ3v) is 5.45. The van der Waals surface area contributed by atoms with Crippen LogP contribution < -0.4 is 10.0 Å². The second-order valence-corrected chi connectivity index (χ2v) is 7.34. The van der Waals surface area contributed by atoms with Gasteiger partial charge in [0.25, 0.3) is 0 Å². The number of nitrogens with one attached hydrogen (secondary N) is 2. The van der Waals surface area contributed by atoms with E-state index in [-0.39, 0.29) is 11.8 Å². The topological polar surface area (TPSA) is 58.2 Å². The molecular formula is C12H24N2O2S. The Hall–Kier alpha value is -0.130. The summed E-state index contributed by atoms with van der Waals surface area (Å²) in [4.78, 5) is 0. The summed E-state index contributed by atoms with van der Waals surface area (Å²) in [6.07, 6.45) is 5.86. The van der Waals surface area contributed by atoms with Crippen LogP contribution >= 0.6 is 0 Å². The molecule has 0 amide bonds. The van der Waals surface area contributed by atoms with Gasteiger partial charge in [-0.2, -0.15) is 0 Å². The van der Waals surface area contributed by atoms with E-state index in [1.807, 2.05) is 0 Å². The highest BCUT2D eigenvalue weighted by atomic mass is 32.2. The first-order valence-corrected chi connectivity index (χ1v) is 8.46. The van der Waals surface area contributed by atoms with Gasteiger partial charge in [-0.25, -0.2) is 13.1 Å². The van der Waals surface area contributed by atoms with Gasteiger partial charge < -0.3 is 5.32 Å². The molecule has 2 bridgehead atoms. The van der Waals surface area contributed by atoms with Crippen LogP contribution in [-0.2, 0) is 10.0 Å². The summed E-state index contributed by atoms with van der Waals surface area (Å²) in [5.41, 5.74) is 0. The number of hydrogen-bond acceptors (Lipinski definition) is 3. The van der Waals surface area contributed by atoms with Crippen LogP contribution in [0.25, 0.3) is 0 Å². The van der Waals surface area contributed by atoms with Crippen molar-refractivity contribution in [2.24, 2.45) is 11.8 Å². The molecule has 0 aromatic carbocycles. The van der Waals surface area contributed by atoms with Gasteiger partial charge in [-0.15, -0.1) is 0 Å². The number of sulfonamides is 1. The van der Waals surface area contributed by atoms with Gasteiger partial charge in [0.15, 0.2) is 0 Å². The van der Waals surface area contributed by atoms with E-state index < -0.39 is 10.0 Å². The maximum absolute atomic E-state index is 11.9. The Balaban J connectivity index is 1.73. The second-order valence-electron chi connectivity index (χ2n) is 5.47. The molecule has 5 heteroatoms. The molecule has 0 spiro atoms. The molecule has 0 aliphatic heterocycles. The third-order valence-electron chi connectivity index (χ3n) is 4.04. The average molecular weight is 260 g/mol. The predicted octanol–water partition coefficient (Wildman–Crippen LogP) is 1.09. The van der Waals surface area contributed by atoms with Crippen molar-refractivity contribution in [3.05, 3.63) is 0 Å². The van der Waals surface area contributed by atoms with Gasteiger partial charge in [-0.05, 0) is 44.1 Å². The Morgan fingerprint density at radius 3 is 2.59 bits per heavy atom. The summed E-state index contributed by atoms with van der Waals surface area (Å²) >= 11 is 0. The average Bonchev–Trinajstić information content (AvgIpc) is 2.85. The van der Waals surface area contributed by atoms with E-state index in [1.54, 1.807) is 0 Å². The fraction of sp³-hybridized carbons (Fsp3) is 1.00. The molecule has 2 saturated carbocycles. The molecule has 0 aromatic rings. The lowest BCUT2D eigenvalue weighted by atomic mass is 9.96. The maximum Gasteiger partial charge on any atom is 0.213 e. The van der Waals surface area contributed by atoms with E-state index in [1.165, 1.54) is 19.3 Å². The standard InChI is InChI=1S/C12H24N2O2S/c1-2-5-13-6-7-17(15,16)14-12-9-10-3-4-11(12)8-10/h10-14H,2-9H2,1H3. The fourth-order valence-corrected chi connectivity index (χ4v) is 4.47. The van der Waals surface area contributed by atoms with Crippen LogP contribution in [0.3, 0.4) is 0 Å². The van der Waals surface area contributed by atoms with E-state index >= 15 is 0 Å². The monoisotopic (exact) mass is 260 g/mol. The Labute approximate surface area is 105 Å². The molecule has 2 fully saturated rings. The second kappa shape index (κ2) is 5.67. The van der Waals surface area contributed by atoms with Crippen molar-refractivity contribution in [2.75, 3.05) is 18.8 Å². The highest BCUT2D eigenvalue weighted by Gasteiger charge is 2.40. The number of fused-ring (bicyclic) bond motifs is 2. The Kier molecular flexibility index (Phi) is 4.44. The SMILES string of the molecule is CCCNCCS(=O)(=O)NC1CC2CCC1C2. The largest absolute Gasteiger partial charge is 0.316 e. The Morgan fingerprint density at radius 2 is 2.00 bits per heavy atom. The Morgan fingerprint density at radius 1 is 1.18 bits per heavy atom. The van der Waals surface area contributed by atoms with Crippen molar-refractivity contribution in [3.8, 4) is 0 Å². The first-order chi connectivity index (χ1) is 8.11. The lowest BCUT2D eigenvalue weighted by molar-refractivity contribution is 0.390. The van der Waals surface area contributed by atoms with Crippen LogP contribution in [0.2, 0.25) is 0 Å². The molecule has 4 nitrogen and oxygen atoms in total. The minimum atomic E-state index is -3.08. The lowest BCUT2D eigenvalue weighted by Crippen LogP contribution is -2.41. The molecule has 2 aliphatic carbocycles. The van der Waals surface area contributed by atoms with Crippen molar-refractivity contribution in [3.63, 3.8) is 0 Å². The van der Waals surface area contributed by atoms with E-state index in [4.69, 9.17) is 0 Å². The van der Waals surface area contributed by atoms with E-state index in [2.05, 4.69) is 17.0 Å². The van der Waals surface area contributed by atoms with Gasteiger partial charge >= 0.3 is 0 Å². The number of rotatable bonds is 7. The van der Waals surface area contributed by atoms with Gasteiger partial charge in [-0.1, -0.05) is 13.3 Å². The molecule has 2 aliphatic rings. The minimum absolute atomic E-state index is 0.209. The molecule has 0 aromatic heterocycles.